The van der Waals surface area contributed by atoms with Crippen LogP contribution in [0.2, 0.25) is 0 Å². The number of anilines is 1. The van der Waals surface area contributed by atoms with Gasteiger partial charge in [-0.25, -0.2) is 4.39 Å². The van der Waals surface area contributed by atoms with Gasteiger partial charge in [0, 0.05) is 5.56 Å². The number of halogens is 1. The quantitative estimate of drug-likeness (QED) is 0.760. The third-order valence-corrected chi connectivity index (χ3v) is 5.18. The molecule has 1 fully saturated rings. The normalized spacial score (nSPS) is 15.2. The van der Waals surface area contributed by atoms with Crippen molar-refractivity contribution in [1.82, 2.24) is 0 Å². The van der Waals surface area contributed by atoms with E-state index in [2.05, 4.69) is 53.4 Å². The molecule has 3 aromatic carbocycles. The van der Waals surface area contributed by atoms with E-state index in [9.17, 15) is 4.39 Å². The van der Waals surface area contributed by atoms with Gasteiger partial charge < -0.3 is 9.80 Å². The van der Waals surface area contributed by atoms with E-state index in [4.69, 9.17) is 0 Å². The van der Waals surface area contributed by atoms with Gasteiger partial charge in [-0.2, -0.15) is 0 Å². The number of rotatable bonds is 4. The molecule has 0 atom stereocenters. The Balaban J connectivity index is 1.35. The molecule has 0 radical (unpaired) electrons. The van der Waals surface area contributed by atoms with Crippen LogP contribution in [0.3, 0.4) is 0 Å². The Kier molecular flexibility index (Phi) is 4.98. The minimum atomic E-state index is -0.118. The van der Waals surface area contributed by atoms with Crippen molar-refractivity contribution in [3.05, 3.63) is 90.2 Å². The first-order valence-corrected chi connectivity index (χ1v) is 9.27. The van der Waals surface area contributed by atoms with E-state index in [1.165, 1.54) is 16.7 Å². The van der Waals surface area contributed by atoms with Crippen LogP contribution < -0.4 is 9.80 Å². The van der Waals surface area contributed by atoms with Crippen LogP contribution in [0.5, 0.6) is 0 Å². The van der Waals surface area contributed by atoms with E-state index in [1.54, 1.807) is 17.0 Å². The second-order valence-electron chi connectivity index (χ2n) is 6.93. The fourth-order valence-electron chi connectivity index (χ4n) is 3.68. The average Bonchev–Trinajstić information content (AvgIpc) is 2.70. The molecule has 0 saturated carbocycles. The number of hydrogen-bond acceptors (Lipinski definition) is 1. The summed E-state index contributed by atoms with van der Waals surface area (Å²) in [6.07, 6.45) is 0. The van der Waals surface area contributed by atoms with Gasteiger partial charge in [-0.15, -0.1) is 0 Å². The van der Waals surface area contributed by atoms with Gasteiger partial charge in [0.15, 0.2) is 0 Å². The highest BCUT2D eigenvalue weighted by Gasteiger charge is 2.21. The van der Waals surface area contributed by atoms with Crippen LogP contribution in [0.4, 0.5) is 10.1 Å². The third-order valence-electron chi connectivity index (χ3n) is 5.18. The molecule has 3 heteroatoms. The summed E-state index contributed by atoms with van der Waals surface area (Å²) in [5, 5.41) is 0. The van der Waals surface area contributed by atoms with Crippen molar-refractivity contribution in [1.29, 1.82) is 0 Å². The number of hydrogen-bond donors (Lipinski definition) is 1. The van der Waals surface area contributed by atoms with E-state index in [-0.39, 0.29) is 5.82 Å². The summed E-state index contributed by atoms with van der Waals surface area (Å²) >= 11 is 0. The van der Waals surface area contributed by atoms with E-state index in [0.717, 1.165) is 38.4 Å². The van der Waals surface area contributed by atoms with Crippen LogP contribution in [0, 0.1) is 5.82 Å². The Hall–Kier alpha value is -2.65. The predicted molar refractivity (Wildman–Crippen MR) is 105 cm³/mol. The predicted octanol–water partition coefficient (Wildman–Crippen LogP) is 3.40. The topological polar surface area (TPSA) is 7.68 Å². The van der Waals surface area contributed by atoms with Gasteiger partial charge in [-0.3, -0.25) is 0 Å². The fourth-order valence-corrected chi connectivity index (χ4v) is 3.68. The first-order valence-electron chi connectivity index (χ1n) is 9.27. The molecule has 0 bridgehead atoms. The molecular weight excluding hydrogens is 323 g/mol. The maximum atomic E-state index is 13.9. The highest BCUT2D eigenvalue weighted by atomic mass is 19.1. The van der Waals surface area contributed by atoms with Crippen molar-refractivity contribution >= 4 is 5.69 Å². The lowest BCUT2D eigenvalue weighted by Crippen LogP contribution is -3.13. The van der Waals surface area contributed by atoms with E-state index in [0.29, 0.717) is 0 Å². The van der Waals surface area contributed by atoms with Gasteiger partial charge in [0.1, 0.15) is 12.4 Å². The molecule has 1 N–H and O–H groups in total. The molecule has 1 aliphatic rings. The molecule has 0 amide bonds. The van der Waals surface area contributed by atoms with Crippen LogP contribution in [0.1, 0.15) is 5.56 Å². The number of nitrogens with one attached hydrogen (secondary N) is 1. The van der Waals surface area contributed by atoms with Gasteiger partial charge in [0.05, 0.1) is 31.9 Å². The Labute approximate surface area is 154 Å². The lowest BCUT2D eigenvalue weighted by atomic mass is 10.0. The Morgan fingerprint density at radius 2 is 1.35 bits per heavy atom. The van der Waals surface area contributed by atoms with Gasteiger partial charge in [0.25, 0.3) is 0 Å². The molecular formula is C23H24FN2+. The van der Waals surface area contributed by atoms with Crippen molar-refractivity contribution in [2.24, 2.45) is 0 Å². The second kappa shape index (κ2) is 7.71. The van der Waals surface area contributed by atoms with Gasteiger partial charge in [-0.1, -0.05) is 66.7 Å². The Morgan fingerprint density at radius 1 is 0.731 bits per heavy atom. The molecule has 1 heterocycles. The zero-order chi connectivity index (χ0) is 17.8. The molecule has 3 aromatic rings. The van der Waals surface area contributed by atoms with Gasteiger partial charge in [-0.05, 0) is 23.3 Å². The number of piperazine rings is 1. The third kappa shape index (κ3) is 3.78. The van der Waals surface area contributed by atoms with Crippen molar-refractivity contribution in [2.45, 2.75) is 6.54 Å². The zero-order valence-corrected chi connectivity index (χ0v) is 14.9. The average molecular weight is 347 g/mol. The minimum Gasteiger partial charge on any atom is -0.358 e. The Bertz CT molecular complexity index is 838. The highest BCUT2D eigenvalue weighted by molar-refractivity contribution is 5.63. The van der Waals surface area contributed by atoms with Crippen LogP contribution >= 0.6 is 0 Å². The highest BCUT2D eigenvalue weighted by Crippen LogP contribution is 2.20. The van der Waals surface area contributed by atoms with E-state index < -0.39 is 0 Å². The summed E-state index contributed by atoms with van der Waals surface area (Å²) in [5.74, 6) is -0.118. The van der Waals surface area contributed by atoms with Crippen LogP contribution in [-0.2, 0) is 6.54 Å². The van der Waals surface area contributed by atoms with Crippen molar-refractivity contribution in [2.75, 3.05) is 31.1 Å². The molecule has 1 saturated heterocycles. The monoisotopic (exact) mass is 347 g/mol. The van der Waals surface area contributed by atoms with Crippen molar-refractivity contribution in [3.63, 3.8) is 0 Å². The summed E-state index contributed by atoms with van der Waals surface area (Å²) in [6, 6.07) is 26.4. The van der Waals surface area contributed by atoms with Gasteiger partial charge >= 0.3 is 0 Å². The molecule has 1 aliphatic heterocycles. The fraction of sp³-hybridized carbons (Fsp3) is 0.217. The molecule has 2 nitrogen and oxygen atoms in total. The molecule has 0 spiro atoms. The SMILES string of the molecule is Fc1ccccc1N1CC[NH+](Cc2ccc(-c3ccccc3)cc2)CC1. The molecule has 0 aromatic heterocycles. The van der Waals surface area contributed by atoms with Crippen molar-refractivity contribution < 1.29 is 9.29 Å². The zero-order valence-electron chi connectivity index (χ0n) is 14.9. The molecule has 26 heavy (non-hydrogen) atoms. The van der Waals surface area contributed by atoms with Crippen LogP contribution in [0.25, 0.3) is 11.1 Å². The number of quaternary nitrogens is 1. The summed E-state index contributed by atoms with van der Waals surface area (Å²) < 4.78 is 13.9. The molecule has 0 aliphatic carbocycles. The van der Waals surface area contributed by atoms with E-state index >= 15 is 0 Å². The number of nitrogens with zero attached hydrogens (tertiary/aromatic N) is 1. The Morgan fingerprint density at radius 3 is 2.04 bits per heavy atom. The molecule has 0 unspecified atom stereocenters. The van der Waals surface area contributed by atoms with E-state index in [1.807, 2.05) is 18.2 Å². The second-order valence-corrected chi connectivity index (χ2v) is 6.93. The van der Waals surface area contributed by atoms with Crippen LogP contribution in [-0.4, -0.2) is 26.2 Å². The maximum Gasteiger partial charge on any atom is 0.146 e. The first kappa shape index (κ1) is 16.8. The lowest BCUT2D eigenvalue weighted by molar-refractivity contribution is -0.914. The maximum absolute atomic E-state index is 13.9. The summed E-state index contributed by atoms with van der Waals surface area (Å²) in [7, 11) is 0. The van der Waals surface area contributed by atoms with Crippen molar-refractivity contribution in [3.8, 4) is 11.1 Å². The largest absolute Gasteiger partial charge is 0.358 e. The standard InChI is InChI=1S/C23H23FN2/c24-22-8-4-5-9-23(22)26-16-14-25(15-17-26)18-19-10-12-21(13-11-19)20-6-2-1-3-7-20/h1-13H,14-18H2/p+1. The summed E-state index contributed by atoms with van der Waals surface area (Å²) in [5.41, 5.74) is 4.61. The van der Waals surface area contributed by atoms with Crippen LogP contribution in [0.15, 0.2) is 78.9 Å². The number of benzene rings is 3. The minimum absolute atomic E-state index is 0.118. The molecule has 132 valence electrons. The number of para-hydroxylation sites is 1. The lowest BCUT2D eigenvalue weighted by Gasteiger charge is -2.33. The summed E-state index contributed by atoms with van der Waals surface area (Å²) in [6.45, 7) is 4.90. The first-order chi connectivity index (χ1) is 12.8. The molecule has 4 rings (SSSR count). The summed E-state index contributed by atoms with van der Waals surface area (Å²) in [4.78, 5) is 3.72. The smallest absolute Gasteiger partial charge is 0.146 e. The van der Waals surface area contributed by atoms with Gasteiger partial charge in [0.2, 0.25) is 0 Å².